The monoisotopic (exact) mass is 411 g/mol. The summed E-state index contributed by atoms with van der Waals surface area (Å²) >= 11 is 3.43. The highest BCUT2D eigenvalue weighted by Crippen LogP contribution is 2.40. The van der Waals surface area contributed by atoms with Gasteiger partial charge < -0.3 is 10.5 Å². The van der Waals surface area contributed by atoms with Crippen LogP contribution in [0.25, 0.3) is 0 Å². The summed E-state index contributed by atoms with van der Waals surface area (Å²) in [6.07, 6.45) is 2.07. The molecule has 4 rings (SSSR count). The molecule has 1 fully saturated rings. The van der Waals surface area contributed by atoms with E-state index in [2.05, 4.69) is 51.2 Å². The van der Waals surface area contributed by atoms with E-state index in [9.17, 15) is 5.26 Å². The number of hydrogen-bond donors (Lipinski definition) is 1. The minimum Gasteiger partial charge on any atom is -0.483 e. The maximum atomic E-state index is 9.48. The van der Waals surface area contributed by atoms with Crippen molar-refractivity contribution in [2.24, 2.45) is 11.7 Å². The summed E-state index contributed by atoms with van der Waals surface area (Å²) in [5, 5.41) is 9.48. The van der Waals surface area contributed by atoms with Crippen LogP contribution in [0.3, 0.4) is 0 Å². The maximum absolute atomic E-state index is 9.48. The van der Waals surface area contributed by atoms with Crippen LogP contribution in [-0.2, 0) is 6.42 Å². The molecule has 0 aromatic heterocycles. The van der Waals surface area contributed by atoms with Gasteiger partial charge in [-0.05, 0) is 61.2 Å². The van der Waals surface area contributed by atoms with E-state index >= 15 is 0 Å². The van der Waals surface area contributed by atoms with E-state index in [0.717, 1.165) is 36.9 Å². The van der Waals surface area contributed by atoms with Gasteiger partial charge in [-0.2, -0.15) is 5.26 Å². The van der Waals surface area contributed by atoms with E-state index in [1.54, 1.807) is 0 Å². The Kier molecular flexibility index (Phi) is 4.99. The van der Waals surface area contributed by atoms with Gasteiger partial charge in [0.1, 0.15) is 17.9 Å². The van der Waals surface area contributed by atoms with Crippen molar-refractivity contribution in [3.63, 3.8) is 0 Å². The van der Waals surface area contributed by atoms with Crippen molar-refractivity contribution in [3.8, 4) is 11.8 Å². The molecule has 134 valence electrons. The Labute approximate surface area is 162 Å². The Morgan fingerprint density at radius 1 is 1.27 bits per heavy atom. The predicted octanol–water partition coefficient (Wildman–Crippen LogP) is 3.65. The molecule has 2 aliphatic rings. The molecular weight excluding hydrogens is 390 g/mol. The molecule has 1 aliphatic carbocycles. The molecule has 4 nitrogen and oxygen atoms in total. The van der Waals surface area contributed by atoms with E-state index in [-0.39, 0.29) is 6.10 Å². The second-order valence-corrected chi connectivity index (χ2v) is 8.06. The first kappa shape index (κ1) is 17.5. The van der Waals surface area contributed by atoms with Crippen molar-refractivity contribution in [1.82, 2.24) is 4.90 Å². The highest BCUT2D eigenvalue weighted by molar-refractivity contribution is 9.10. The van der Waals surface area contributed by atoms with Crippen molar-refractivity contribution >= 4 is 15.9 Å². The van der Waals surface area contributed by atoms with Crippen molar-refractivity contribution in [2.75, 3.05) is 19.6 Å². The first-order valence-electron chi connectivity index (χ1n) is 9.08. The molecule has 2 aromatic carbocycles. The van der Waals surface area contributed by atoms with Gasteiger partial charge in [-0.15, -0.1) is 0 Å². The lowest BCUT2D eigenvalue weighted by molar-refractivity contribution is 0.0915. The lowest BCUT2D eigenvalue weighted by Crippen LogP contribution is -2.39. The standard InChI is InChI=1S/C21H22BrN3O/c22-17-5-6-20(16(9-17)12-24)26-21-18-4-2-1-3-15(18)10-19(21)25-8-7-14(11-23)13-25/h1-6,9,14,19,21H,7-8,10-11,13,23H2/t14-,19-,21-/m1/s1. The second kappa shape index (κ2) is 7.40. The van der Waals surface area contributed by atoms with Crippen LogP contribution in [-0.4, -0.2) is 30.6 Å². The minimum atomic E-state index is -0.0593. The Morgan fingerprint density at radius 3 is 2.88 bits per heavy atom. The molecule has 0 spiro atoms. The molecule has 5 heteroatoms. The summed E-state index contributed by atoms with van der Waals surface area (Å²) in [6, 6.07) is 16.7. The van der Waals surface area contributed by atoms with Crippen LogP contribution in [0.1, 0.15) is 29.2 Å². The zero-order valence-electron chi connectivity index (χ0n) is 14.6. The largest absolute Gasteiger partial charge is 0.483 e. The fraction of sp³-hybridized carbons (Fsp3) is 0.381. The third-order valence-corrected chi connectivity index (χ3v) is 6.07. The van der Waals surface area contributed by atoms with Gasteiger partial charge in [-0.25, -0.2) is 0 Å². The van der Waals surface area contributed by atoms with Crippen LogP contribution in [0.15, 0.2) is 46.9 Å². The molecule has 0 bridgehead atoms. The third-order valence-electron chi connectivity index (χ3n) is 5.58. The van der Waals surface area contributed by atoms with Gasteiger partial charge in [0.15, 0.2) is 0 Å². The summed E-state index contributed by atoms with van der Waals surface area (Å²) in [4.78, 5) is 2.52. The van der Waals surface area contributed by atoms with Crippen LogP contribution in [0.2, 0.25) is 0 Å². The Bertz CT molecular complexity index is 847. The maximum Gasteiger partial charge on any atom is 0.140 e. The molecular formula is C21H22BrN3O. The van der Waals surface area contributed by atoms with Gasteiger partial charge in [-0.1, -0.05) is 40.2 Å². The molecule has 3 atom stereocenters. The average molecular weight is 412 g/mol. The van der Waals surface area contributed by atoms with Gasteiger partial charge in [0.2, 0.25) is 0 Å². The van der Waals surface area contributed by atoms with Crippen LogP contribution in [0, 0.1) is 17.2 Å². The van der Waals surface area contributed by atoms with Gasteiger partial charge in [0, 0.05) is 11.0 Å². The number of ether oxygens (including phenoxy) is 1. The fourth-order valence-corrected chi connectivity index (χ4v) is 4.55. The first-order valence-corrected chi connectivity index (χ1v) is 9.87. The van der Waals surface area contributed by atoms with Gasteiger partial charge in [0.25, 0.3) is 0 Å². The highest BCUT2D eigenvalue weighted by Gasteiger charge is 2.40. The highest BCUT2D eigenvalue weighted by atomic mass is 79.9. The topological polar surface area (TPSA) is 62.3 Å². The molecule has 1 aliphatic heterocycles. The summed E-state index contributed by atoms with van der Waals surface area (Å²) in [5.41, 5.74) is 9.03. The molecule has 2 aromatic rings. The van der Waals surface area contributed by atoms with E-state index in [0.29, 0.717) is 23.3 Å². The zero-order valence-corrected chi connectivity index (χ0v) is 16.2. The number of rotatable bonds is 4. The van der Waals surface area contributed by atoms with E-state index in [4.69, 9.17) is 10.5 Å². The van der Waals surface area contributed by atoms with Crippen LogP contribution in [0.5, 0.6) is 5.75 Å². The number of nitrogens with zero attached hydrogens (tertiary/aromatic N) is 2. The molecule has 0 saturated carbocycles. The molecule has 2 N–H and O–H groups in total. The lowest BCUT2D eigenvalue weighted by Gasteiger charge is -2.30. The lowest BCUT2D eigenvalue weighted by atomic mass is 10.1. The number of likely N-dealkylation sites (tertiary alicyclic amines) is 1. The number of fused-ring (bicyclic) bond motifs is 1. The molecule has 1 saturated heterocycles. The second-order valence-electron chi connectivity index (χ2n) is 7.15. The summed E-state index contributed by atoms with van der Waals surface area (Å²) in [6.45, 7) is 2.83. The average Bonchev–Trinajstić information content (AvgIpc) is 3.28. The van der Waals surface area contributed by atoms with Gasteiger partial charge >= 0.3 is 0 Å². The normalized spacial score (nSPS) is 25.0. The van der Waals surface area contributed by atoms with Crippen LogP contribution >= 0.6 is 15.9 Å². The van der Waals surface area contributed by atoms with E-state index in [1.165, 1.54) is 11.1 Å². The van der Waals surface area contributed by atoms with Crippen LogP contribution < -0.4 is 10.5 Å². The molecule has 1 heterocycles. The quantitative estimate of drug-likeness (QED) is 0.833. The number of halogens is 1. The summed E-state index contributed by atoms with van der Waals surface area (Å²) < 4.78 is 7.34. The van der Waals surface area contributed by atoms with Crippen molar-refractivity contribution in [1.29, 1.82) is 5.26 Å². The van der Waals surface area contributed by atoms with Crippen molar-refractivity contribution in [2.45, 2.75) is 25.0 Å². The Hall–Kier alpha value is -1.87. The number of nitriles is 1. The summed E-state index contributed by atoms with van der Waals surface area (Å²) in [5.74, 6) is 1.22. The van der Waals surface area contributed by atoms with Crippen molar-refractivity contribution < 1.29 is 4.74 Å². The van der Waals surface area contributed by atoms with Gasteiger partial charge in [-0.3, -0.25) is 4.90 Å². The predicted molar refractivity (Wildman–Crippen MR) is 105 cm³/mol. The van der Waals surface area contributed by atoms with Crippen molar-refractivity contribution in [3.05, 3.63) is 63.6 Å². The molecule has 0 radical (unpaired) electrons. The molecule has 0 unspecified atom stereocenters. The number of benzene rings is 2. The van der Waals surface area contributed by atoms with E-state index < -0.39 is 0 Å². The van der Waals surface area contributed by atoms with Gasteiger partial charge in [0.05, 0.1) is 11.6 Å². The SMILES string of the molecule is N#Cc1cc(Br)ccc1O[C@@H]1c2ccccc2C[C@H]1N1CC[C@H](CN)C1. The molecule has 26 heavy (non-hydrogen) atoms. The smallest absolute Gasteiger partial charge is 0.140 e. The fourth-order valence-electron chi connectivity index (χ4n) is 4.19. The van der Waals surface area contributed by atoms with E-state index in [1.807, 2.05) is 18.2 Å². The Balaban J connectivity index is 1.65. The van der Waals surface area contributed by atoms with Crippen LogP contribution in [0.4, 0.5) is 0 Å². The number of hydrogen-bond acceptors (Lipinski definition) is 4. The molecule has 0 amide bonds. The number of nitrogens with two attached hydrogens (primary N) is 1. The minimum absolute atomic E-state index is 0.0593. The zero-order chi connectivity index (χ0) is 18.1. The Morgan fingerprint density at radius 2 is 2.12 bits per heavy atom. The first-order chi connectivity index (χ1) is 12.7. The third kappa shape index (κ3) is 3.25. The summed E-state index contributed by atoms with van der Waals surface area (Å²) in [7, 11) is 0.